The Hall–Kier alpha value is -1.59. The maximum atomic E-state index is 12.1. The van der Waals surface area contributed by atoms with Gasteiger partial charge in [0.25, 0.3) is 0 Å². The molecule has 1 saturated heterocycles. The number of aliphatic hydroxyl groups is 1. The quantitative estimate of drug-likeness (QED) is 0.802. The number of piperidine rings is 1. The molecule has 1 aliphatic rings. The van der Waals surface area contributed by atoms with Crippen LogP contribution in [0.2, 0.25) is 0 Å². The first-order chi connectivity index (χ1) is 11.2. The van der Waals surface area contributed by atoms with Crippen LogP contribution in [0, 0.1) is 5.92 Å². The summed E-state index contributed by atoms with van der Waals surface area (Å²) in [5.74, 6) is 0.396. The standard InChI is InChI=1S/C18H29N3O2/c1-20(12-9-16-6-3-2-4-7-16)18(23)19-10-13-21-11-5-8-17(14-21)15-22/h2-4,6-7,17,22H,5,8-15H2,1H3,(H,19,23)/t17-/m0/s1. The number of amides is 2. The van der Waals surface area contributed by atoms with Gasteiger partial charge >= 0.3 is 6.03 Å². The van der Waals surface area contributed by atoms with Crippen molar-refractivity contribution in [1.82, 2.24) is 15.1 Å². The lowest BCUT2D eigenvalue weighted by molar-refractivity contribution is 0.121. The Morgan fingerprint density at radius 3 is 2.91 bits per heavy atom. The molecule has 1 aromatic carbocycles. The molecule has 0 aromatic heterocycles. The van der Waals surface area contributed by atoms with E-state index in [1.54, 1.807) is 4.90 Å². The summed E-state index contributed by atoms with van der Waals surface area (Å²) in [6.07, 6.45) is 3.12. The molecule has 0 radical (unpaired) electrons. The number of carbonyl (C=O) groups is 1. The fraction of sp³-hybridized carbons (Fsp3) is 0.611. The van der Waals surface area contributed by atoms with E-state index in [9.17, 15) is 9.90 Å². The molecule has 1 fully saturated rings. The first kappa shape index (κ1) is 17.8. The van der Waals surface area contributed by atoms with E-state index in [0.29, 0.717) is 19.0 Å². The zero-order valence-corrected chi connectivity index (χ0v) is 14.1. The predicted octanol–water partition coefficient (Wildman–Crippen LogP) is 1.57. The van der Waals surface area contributed by atoms with Crippen LogP contribution in [0.5, 0.6) is 0 Å². The van der Waals surface area contributed by atoms with Crippen molar-refractivity contribution in [2.75, 3.05) is 46.4 Å². The fourth-order valence-electron chi connectivity index (χ4n) is 3.00. The van der Waals surface area contributed by atoms with Gasteiger partial charge in [-0.1, -0.05) is 30.3 Å². The van der Waals surface area contributed by atoms with E-state index in [1.807, 2.05) is 25.2 Å². The molecule has 1 atom stereocenters. The minimum atomic E-state index is -0.0170. The average Bonchev–Trinajstić information content (AvgIpc) is 2.60. The van der Waals surface area contributed by atoms with E-state index in [2.05, 4.69) is 22.3 Å². The molecule has 2 rings (SSSR count). The molecule has 1 heterocycles. The van der Waals surface area contributed by atoms with Gasteiger partial charge in [0.05, 0.1) is 0 Å². The van der Waals surface area contributed by atoms with Crippen LogP contribution in [0.4, 0.5) is 4.79 Å². The third kappa shape index (κ3) is 6.20. The van der Waals surface area contributed by atoms with E-state index >= 15 is 0 Å². The van der Waals surface area contributed by atoms with Crippen LogP contribution in [0.15, 0.2) is 30.3 Å². The van der Waals surface area contributed by atoms with E-state index in [1.165, 1.54) is 5.56 Å². The number of hydrogen-bond acceptors (Lipinski definition) is 3. The summed E-state index contributed by atoms with van der Waals surface area (Å²) in [5.41, 5.74) is 1.25. The smallest absolute Gasteiger partial charge is 0.317 e. The van der Waals surface area contributed by atoms with Crippen LogP contribution in [-0.2, 0) is 6.42 Å². The molecule has 5 heteroatoms. The van der Waals surface area contributed by atoms with E-state index < -0.39 is 0 Å². The Balaban J connectivity index is 1.62. The van der Waals surface area contributed by atoms with E-state index in [0.717, 1.165) is 38.9 Å². The van der Waals surface area contributed by atoms with Crippen LogP contribution in [0.3, 0.4) is 0 Å². The lowest BCUT2D eigenvalue weighted by atomic mass is 9.99. The van der Waals surface area contributed by atoms with Gasteiger partial charge in [0.2, 0.25) is 0 Å². The number of urea groups is 1. The molecule has 128 valence electrons. The van der Waals surface area contributed by atoms with E-state index in [4.69, 9.17) is 0 Å². The number of nitrogens with zero attached hydrogens (tertiary/aromatic N) is 2. The predicted molar refractivity (Wildman–Crippen MR) is 92.4 cm³/mol. The molecular formula is C18H29N3O2. The van der Waals surface area contributed by atoms with Gasteiger partial charge in [-0.3, -0.25) is 0 Å². The van der Waals surface area contributed by atoms with Gasteiger partial charge in [0.1, 0.15) is 0 Å². The van der Waals surface area contributed by atoms with Crippen molar-refractivity contribution >= 4 is 6.03 Å². The molecule has 0 spiro atoms. The molecule has 23 heavy (non-hydrogen) atoms. The van der Waals surface area contributed by atoms with Crippen LogP contribution in [-0.4, -0.2) is 67.3 Å². The van der Waals surface area contributed by atoms with Crippen molar-refractivity contribution in [3.05, 3.63) is 35.9 Å². The molecule has 0 bridgehead atoms. The largest absolute Gasteiger partial charge is 0.396 e. The maximum Gasteiger partial charge on any atom is 0.317 e. The number of likely N-dealkylation sites (N-methyl/N-ethyl adjacent to an activating group) is 1. The molecule has 2 N–H and O–H groups in total. The van der Waals surface area contributed by atoms with Gasteiger partial charge in [-0.15, -0.1) is 0 Å². The molecule has 1 aromatic rings. The van der Waals surface area contributed by atoms with Crippen LogP contribution in [0.25, 0.3) is 0 Å². The molecular weight excluding hydrogens is 290 g/mol. The van der Waals surface area contributed by atoms with Gasteiger partial charge in [0, 0.05) is 39.8 Å². The highest BCUT2D eigenvalue weighted by molar-refractivity contribution is 5.73. The summed E-state index contributed by atoms with van der Waals surface area (Å²) < 4.78 is 0. The van der Waals surface area contributed by atoms with Crippen molar-refractivity contribution < 1.29 is 9.90 Å². The minimum Gasteiger partial charge on any atom is -0.396 e. The number of nitrogens with one attached hydrogen (secondary N) is 1. The number of aliphatic hydroxyl groups excluding tert-OH is 1. The second kappa shape index (κ2) is 9.53. The molecule has 1 aliphatic heterocycles. The van der Waals surface area contributed by atoms with Gasteiger partial charge < -0.3 is 20.2 Å². The fourth-order valence-corrected chi connectivity index (χ4v) is 3.00. The number of likely N-dealkylation sites (tertiary alicyclic amines) is 1. The SMILES string of the molecule is CN(CCc1ccccc1)C(=O)NCCN1CCC[C@H](CO)C1. The zero-order chi connectivity index (χ0) is 16.5. The highest BCUT2D eigenvalue weighted by atomic mass is 16.3. The Morgan fingerprint density at radius 1 is 1.39 bits per heavy atom. The lowest BCUT2D eigenvalue weighted by Crippen LogP contribution is -2.44. The number of carbonyl (C=O) groups excluding carboxylic acids is 1. The molecule has 0 saturated carbocycles. The number of hydrogen-bond donors (Lipinski definition) is 2. The Morgan fingerprint density at radius 2 is 2.17 bits per heavy atom. The Bertz CT molecular complexity index is 467. The second-order valence-corrected chi connectivity index (χ2v) is 6.38. The summed E-state index contributed by atoms with van der Waals surface area (Å²) in [6, 6.07) is 10.2. The van der Waals surface area contributed by atoms with Crippen LogP contribution < -0.4 is 5.32 Å². The Labute approximate surface area is 139 Å². The highest BCUT2D eigenvalue weighted by Crippen LogP contribution is 2.14. The summed E-state index contributed by atoms with van der Waals surface area (Å²) in [5, 5.41) is 12.2. The van der Waals surface area contributed by atoms with Crippen LogP contribution in [0.1, 0.15) is 18.4 Å². The highest BCUT2D eigenvalue weighted by Gasteiger charge is 2.18. The average molecular weight is 319 g/mol. The summed E-state index contributed by atoms with van der Waals surface area (Å²) >= 11 is 0. The maximum absolute atomic E-state index is 12.1. The summed E-state index contributed by atoms with van der Waals surface area (Å²) in [7, 11) is 1.83. The normalized spacial score (nSPS) is 18.6. The minimum absolute atomic E-state index is 0.0170. The topological polar surface area (TPSA) is 55.8 Å². The van der Waals surface area contributed by atoms with Crippen molar-refractivity contribution in [1.29, 1.82) is 0 Å². The molecule has 5 nitrogen and oxygen atoms in total. The number of benzene rings is 1. The van der Waals surface area contributed by atoms with Crippen molar-refractivity contribution in [2.24, 2.45) is 5.92 Å². The van der Waals surface area contributed by atoms with E-state index in [-0.39, 0.29) is 12.6 Å². The Kier molecular flexibility index (Phi) is 7.36. The molecule has 0 aliphatic carbocycles. The zero-order valence-electron chi connectivity index (χ0n) is 14.1. The van der Waals surface area contributed by atoms with Crippen molar-refractivity contribution in [2.45, 2.75) is 19.3 Å². The monoisotopic (exact) mass is 319 g/mol. The molecule has 2 amide bonds. The van der Waals surface area contributed by atoms with Gasteiger partial charge in [-0.25, -0.2) is 4.79 Å². The van der Waals surface area contributed by atoms with Crippen molar-refractivity contribution in [3.8, 4) is 0 Å². The lowest BCUT2D eigenvalue weighted by Gasteiger charge is -2.31. The third-order valence-corrected chi connectivity index (χ3v) is 4.49. The second-order valence-electron chi connectivity index (χ2n) is 6.38. The van der Waals surface area contributed by atoms with Gasteiger partial charge in [-0.2, -0.15) is 0 Å². The molecule has 0 unspecified atom stereocenters. The summed E-state index contributed by atoms with van der Waals surface area (Å²) in [6.45, 7) is 4.51. The van der Waals surface area contributed by atoms with Crippen LogP contribution >= 0.6 is 0 Å². The van der Waals surface area contributed by atoms with Crippen molar-refractivity contribution in [3.63, 3.8) is 0 Å². The number of rotatable bonds is 7. The summed E-state index contributed by atoms with van der Waals surface area (Å²) in [4.78, 5) is 16.1. The van der Waals surface area contributed by atoms with Gasteiger partial charge in [0.15, 0.2) is 0 Å². The third-order valence-electron chi connectivity index (χ3n) is 4.49. The first-order valence-corrected chi connectivity index (χ1v) is 8.55. The first-order valence-electron chi connectivity index (χ1n) is 8.55. The van der Waals surface area contributed by atoms with Gasteiger partial charge in [-0.05, 0) is 37.3 Å².